The van der Waals surface area contributed by atoms with Crippen LogP contribution in [0, 0.1) is 0 Å². The van der Waals surface area contributed by atoms with Crippen LogP contribution in [0.2, 0.25) is 5.02 Å². The van der Waals surface area contributed by atoms with E-state index in [1.54, 1.807) is 16.7 Å². The maximum Gasteiger partial charge on any atom is 0.241 e. The molecule has 1 aromatic carbocycles. The van der Waals surface area contributed by atoms with Crippen molar-refractivity contribution in [2.45, 2.75) is 24.4 Å². The number of halogens is 1. The topological polar surface area (TPSA) is 105 Å². The molecule has 3 aromatic rings. The van der Waals surface area contributed by atoms with Gasteiger partial charge in [-0.1, -0.05) is 17.7 Å². The van der Waals surface area contributed by atoms with Crippen LogP contribution in [0.3, 0.4) is 0 Å². The van der Waals surface area contributed by atoms with Gasteiger partial charge in [-0.2, -0.15) is 4.72 Å². The van der Waals surface area contributed by atoms with Crippen molar-refractivity contribution in [1.82, 2.24) is 24.6 Å². The van der Waals surface area contributed by atoms with Crippen LogP contribution in [-0.2, 0) is 21.4 Å². The van der Waals surface area contributed by atoms with Crippen molar-refractivity contribution in [2.75, 3.05) is 0 Å². The van der Waals surface area contributed by atoms with Crippen LogP contribution in [0.15, 0.2) is 53.6 Å². The van der Waals surface area contributed by atoms with Crippen molar-refractivity contribution >= 4 is 33.2 Å². The Kier molecular flexibility index (Phi) is 5.21. The molecule has 0 fully saturated rings. The highest BCUT2D eigenvalue weighted by Gasteiger charge is 2.22. The Hall–Kier alpha value is -2.49. The lowest BCUT2D eigenvalue weighted by atomic mass is 10.3. The van der Waals surface area contributed by atoms with E-state index in [0.29, 0.717) is 16.5 Å². The summed E-state index contributed by atoms with van der Waals surface area (Å²) in [5, 5.41) is 11.1. The van der Waals surface area contributed by atoms with Gasteiger partial charge in [0.05, 0.1) is 17.5 Å². The van der Waals surface area contributed by atoms with E-state index in [0.717, 1.165) is 0 Å². The Bertz CT molecular complexity index is 1030. The summed E-state index contributed by atoms with van der Waals surface area (Å²) in [5.41, 5.74) is 0.660. The van der Waals surface area contributed by atoms with Gasteiger partial charge in [-0.15, -0.1) is 10.2 Å². The molecule has 0 aliphatic carbocycles. The Labute approximate surface area is 155 Å². The number of fused-ring (bicyclic) bond motifs is 1. The molecular formula is C16H16ClN5O3S. The van der Waals surface area contributed by atoms with E-state index >= 15 is 0 Å². The fourth-order valence-electron chi connectivity index (χ4n) is 2.30. The van der Waals surface area contributed by atoms with E-state index in [2.05, 4.69) is 20.2 Å². The minimum Gasteiger partial charge on any atom is -0.347 e. The highest BCUT2D eigenvalue weighted by molar-refractivity contribution is 7.89. The number of hydrogen-bond donors (Lipinski definition) is 2. The third kappa shape index (κ3) is 4.01. The fourth-order valence-corrected chi connectivity index (χ4v) is 3.63. The van der Waals surface area contributed by atoms with Gasteiger partial charge in [-0.05, 0) is 43.3 Å². The summed E-state index contributed by atoms with van der Waals surface area (Å²) in [6, 6.07) is 10.2. The summed E-state index contributed by atoms with van der Waals surface area (Å²) < 4.78 is 28.7. The van der Waals surface area contributed by atoms with Gasteiger partial charge in [-0.25, -0.2) is 8.42 Å². The highest BCUT2D eigenvalue weighted by atomic mass is 35.5. The zero-order chi connectivity index (χ0) is 18.7. The zero-order valence-corrected chi connectivity index (χ0v) is 15.3. The Morgan fingerprint density at radius 3 is 2.65 bits per heavy atom. The largest absolute Gasteiger partial charge is 0.347 e. The second kappa shape index (κ2) is 7.40. The molecule has 3 rings (SSSR count). The smallest absolute Gasteiger partial charge is 0.241 e. The van der Waals surface area contributed by atoms with Crippen LogP contribution < -0.4 is 10.0 Å². The number of pyridine rings is 1. The molecule has 2 heterocycles. The SMILES string of the molecule is CC(NS(=O)(=O)c1ccc(Cl)cc1)C(=O)NCc1nnc2ccccn12. The van der Waals surface area contributed by atoms with Crippen molar-refractivity contribution in [1.29, 1.82) is 0 Å². The lowest BCUT2D eigenvalue weighted by molar-refractivity contribution is -0.122. The maximum absolute atomic E-state index is 12.3. The van der Waals surface area contributed by atoms with E-state index in [4.69, 9.17) is 11.6 Å². The Morgan fingerprint density at radius 2 is 1.92 bits per heavy atom. The van der Waals surface area contributed by atoms with E-state index in [1.807, 2.05) is 12.1 Å². The third-order valence-electron chi connectivity index (χ3n) is 3.65. The van der Waals surface area contributed by atoms with Crippen molar-refractivity contribution < 1.29 is 13.2 Å². The van der Waals surface area contributed by atoms with Crippen LogP contribution in [0.25, 0.3) is 5.65 Å². The van der Waals surface area contributed by atoms with Gasteiger partial charge < -0.3 is 5.32 Å². The molecule has 2 N–H and O–H groups in total. The quantitative estimate of drug-likeness (QED) is 0.658. The molecule has 0 radical (unpaired) electrons. The Morgan fingerprint density at radius 1 is 1.19 bits per heavy atom. The van der Waals surface area contributed by atoms with Gasteiger partial charge in [0, 0.05) is 11.2 Å². The molecule has 0 saturated heterocycles. The summed E-state index contributed by atoms with van der Waals surface area (Å²) in [4.78, 5) is 12.3. The lowest BCUT2D eigenvalue weighted by Crippen LogP contribution is -2.44. The number of nitrogens with one attached hydrogen (secondary N) is 2. The molecule has 0 spiro atoms. The first kappa shape index (κ1) is 18.3. The number of hydrogen-bond acceptors (Lipinski definition) is 5. The van der Waals surface area contributed by atoms with Crippen molar-refractivity contribution in [3.05, 3.63) is 59.5 Å². The van der Waals surface area contributed by atoms with Crippen molar-refractivity contribution in [2.24, 2.45) is 0 Å². The molecule has 0 saturated carbocycles. The summed E-state index contributed by atoms with van der Waals surface area (Å²) in [6.07, 6.45) is 1.78. The number of carbonyl (C=O) groups is 1. The molecule has 0 aliphatic heterocycles. The van der Waals surface area contributed by atoms with Crippen LogP contribution in [-0.4, -0.2) is 35.0 Å². The summed E-state index contributed by atoms with van der Waals surface area (Å²) >= 11 is 5.76. The van der Waals surface area contributed by atoms with Gasteiger partial charge in [0.2, 0.25) is 15.9 Å². The lowest BCUT2D eigenvalue weighted by Gasteiger charge is -2.14. The van der Waals surface area contributed by atoms with E-state index in [1.165, 1.54) is 31.2 Å². The maximum atomic E-state index is 12.3. The third-order valence-corrected chi connectivity index (χ3v) is 5.46. The standard InChI is InChI=1S/C16H16ClN5O3S/c1-11(21-26(24,25)13-7-5-12(17)6-8-13)16(23)18-10-15-20-19-14-4-2-3-9-22(14)15/h2-9,11,21H,10H2,1H3,(H,18,23). The first-order chi connectivity index (χ1) is 12.4. The number of rotatable bonds is 6. The molecule has 1 amide bonds. The second-order valence-electron chi connectivity index (χ2n) is 5.56. The molecule has 1 atom stereocenters. The average Bonchev–Trinajstić information content (AvgIpc) is 3.03. The van der Waals surface area contributed by atoms with Crippen molar-refractivity contribution in [3.63, 3.8) is 0 Å². The number of benzene rings is 1. The van der Waals surface area contributed by atoms with Crippen molar-refractivity contribution in [3.8, 4) is 0 Å². The molecule has 2 aromatic heterocycles. The number of amides is 1. The van der Waals surface area contributed by atoms with Crippen LogP contribution >= 0.6 is 11.6 Å². The van der Waals surface area contributed by atoms with Crippen LogP contribution in [0.1, 0.15) is 12.7 Å². The molecule has 1 unspecified atom stereocenters. The van der Waals surface area contributed by atoms with Crippen LogP contribution in [0.4, 0.5) is 0 Å². The van der Waals surface area contributed by atoms with Gasteiger partial charge in [0.15, 0.2) is 11.5 Å². The van der Waals surface area contributed by atoms with Crippen LogP contribution in [0.5, 0.6) is 0 Å². The van der Waals surface area contributed by atoms with E-state index in [-0.39, 0.29) is 11.4 Å². The van der Waals surface area contributed by atoms with E-state index < -0.39 is 22.0 Å². The average molecular weight is 394 g/mol. The monoisotopic (exact) mass is 393 g/mol. The normalized spacial score (nSPS) is 12.8. The Balaban J connectivity index is 1.63. The molecule has 8 nitrogen and oxygen atoms in total. The van der Waals surface area contributed by atoms with Gasteiger partial charge >= 0.3 is 0 Å². The fraction of sp³-hybridized carbons (Fsp3) is 0.188. The van der Waals surface area contributed by atoms with Gasteiger partial charge in [-0.3, -0.25) is 9.20 Å². The summed E-state index contributed by atoms with van der Waals surface area (Å²) in [5.74, 6) is 0.0666. The molecule has 26 heavy (non-hydrogen) atoms. The van der Waals surface area contributed by atoms with Gasteiger partial charge in [0.1, 0.15) is 0 Å². The first-order valence-corrected chi connectivity index (χ1v) is 9.57. The number of nitrogens with zero attached hydrogens (tertiary/aromatic N) is 3. The summed E-state index contributed by atoms with van der Waals surface area (Å²) in [6.45, 7) is 1.59. The number of aromatic nitrogens is 3. The predicted octanol–water partition coefficient (Wildman–Crippen LogP) is 1.37. The molecular weight excluding hydrogens is 378 g/mol. The minimum atomic E-state index is -3.83. The summed E-state index contributed by atoms with van der Waals surface area (Å²) in [7, 11) is -3.83. The minimum absolute atomic E-state index is 0.0324. The zero-order valence-electron chi connectivity index (χ0n) is 13.8. The molecule has 0 aliphatic rings. The highest BCUT2D eigenvalue weighted by Crippen LogP contribution is 2.14. The van der Waals surface area contributed by atoms with Gasteiger partial charge in [0.25, 0.3) is 0 Å². The predicted molar refractivity (Wildman–Crippen MR) is 96.1 cm³/mol. The molecule has 10 heteroatoms. The molecule has 0 bridgehead atoms. The van der Waals surface area contributed by atoms with E-state index in [9.17, 15) is 13.2 Å². The second-order valence-corrected chi connectivity index (χ2v) is 7.71. The molecule has 136 valence electrons. The first-order valence-electron chi connectivity index (χ1n) is 7.71. The number of sulfonamides is 1. The number of carbonyl (C=O) groups excluding carboxylic acids is 1.